The van der Waals surface area contributed by atoms with Crippen molar-refractivity contribution in [3.05, 3.63) is 22.2 Å². The third kappa shape index (κ3) is 3.62. The van der Waals surface area contributed by atoms with Gasteiger partial charge in [0.05, 0.1) is 20.3 Å². The maximum Gasteiger partial charge on any atom is 0.161 e. The van der Waals surface area contributed by atoms with E-state index in [0.717, 1.165) is 22.9 Å². The van der Waals surface area contributed by atoms with E-state index < -0.39 is 6.10 Å². The Hall–Kier alpha value is -0.740. The van der Waals surface area contributed by atoms with Gasteiger partial charge in [-0.25, -0.2) is 0 Å². The van der Waals surface area contributed by atoms with Gasteiger partial charge in [0.2, 0.25) is 0 Å². The number of ether oxygens (including phenoxy) is 2. The number of rotatable bonds is 6. The summed E-state index contributed by atoms with van der Waals surface area (Å²) in [6.07, 6.45) is 1.31. The van der Waals surface area contributed by atoms with Crippen LogP contribution >= 0.6 is 15.9 Å². The molecule has 0 aromatic heterocycles. The fraction of sp³-hybridized carbons (Fsp3) is 0.571. The van der Waals surface area contributed by atoms with Crippen LogP contribution in [-0.2, 0) is 0 Å². The second kappa shape index (κ2) is 7.00. The molecule has 0 spiro atoms. The molecule has 0 saturated carbocycles. The molecule has 0 fully saturated rings. The Morgan fingerprint density at radius 1 is 1.22 bits per heavy atom. The fourth-order valence-corrected chi connectivity index (χ4v) is 2.39. The summed E-state index contributed by atoms with van der Waals surface area (Å²) in [5.41, 5.74) is 0.841. The molecule has 0 aliphatic rings. The van der Waals surface area contributed by atoms with Crippen molar-refractivity contribution in [1.29, 1.82) is 0 Å². The average Bonchev–Trinajstić information content (AvgIpc) is 2.37. The lowest BCUT2D eigenvalue weighted by atomic mass is 9.96. The van der Waals surface area contributed by atoms with E-state index in [4.69, 9.17) is 9.47 Å². The largest absolute Gasteiger partial charge is 0.493 e. The molecule has 0 bridgehead atoms. The maximum absolute atomic E-state index is 10.3. The second-order valence-corrected chi connectivity index (χ2v) is 5.35. The molecule has 1 aromatic rings. The Balaban J connectivity index is 3.01. The van der Waals surface area contributed by atoms with Crippen molar-refractivity contribution in [2.24, 2.45) is 5.92 Å². The summed E-state index contributed by atoms with van der Waals surface area (Å²) >= 11 is 3.47. The zero-order chi connectivity index (χ0) is 13.7. The van der Waals surface area contributed by atoms with Gasteiger partial charge < -0.3 is 14.6 Å². The summed E-state index contributed by atoms with van der Waals surface area (Å²) in [7, 11) is 3.19. The Bertz CT molecular complexity index is 393. The molecular weight excluding hydrogens is 296 g/mol. The Labute approximate surface area is 117 Å². The van der Waals surface area contributed by atoms with E-state index in [0.29, 0.717) is 17.4 Å². The predicted octanol–water partition coefficient (Wildman–Crippen LogP) is 3.94. The van der Waals surface area contributed by atoms with Gasteiger partial charge in [0, 0.05) is 4.47 Å². The maximum atomic E-state index is 10.3. The predicted molar refractivity (Wildman–Crippen MR) is 76.3 cm³/mol. The number of benzene rings is 1. The van der Waals surface area contributed by atoms with E-state index in [9.17, 15) is 5.11 Å². The van der Waals surface area contributed by atoms with Crippen LogP contribution in [0.3, 0.4) is 0 Å². The highest BCUT2D eigenvalue weighted by molar-refractivity contribution is 9.10. The minimum absolute atomic E-state index is 0.486. The minimum Gasteiger partial charge on any atom is -0.493 e. The molecule has 0 saturated heterocycles. The SMILES string of the molecule is CCC(C)CC(O)c1cc(OC)c(OC)cc1Br. The molecular formula is C14H21BrO3. The number of hydrogen-bond donors (Lipinski definition) is 1. The lowest BCUT2D eigenvalue weighted by Gasteiger charge is -2.18. The van der Waals surface area contributed by atoms with Gasteiger partial charge in [-0.15, -0.1) is 0 Å². The first-order valence-electron chi connectivity index (χ1n) is 6.12. The van der Waals surface area contributed by atoms with Crippen LogP contribution in [0.25, 0.3) is 0 Å². The van der Waals surface area contributed by atoms with Crippen LogP contribution in [0, 0.1) is 5.92 Å². The van der Waals surface area contributed by atoms with E-state index in [1.54, 1.807) is 14.2 Å². The van der Waals surface area contributed by atoms with Gasteiger partial charge in [-0.3, -0.25) is 0 Å². The van der Waals surface area contributed by atoms with Gasteiger partial charge in [0.1, 0.15) is 0 Å². The second-order valence-electron chi connectivity index (χ2n) is 4.49. The summed E-state index contributed by atoms with van der Waals surface area (Å²) in [5, 5.41) is 10.3. The zero-order valence-electron chi connectivity index (χ0n) is 11.4. The molecule has 1 N–H and O–H groups in total. The van der Waals surface area contributed by atoms with Crippen LogP contribution in [0.1, 0.15) is 38.4 Å². The monoisotopic (exact) mass is 316 g/mol. The quantitative estimate of drug-likeness (QED) is 0.864. The van der Waals surface area contributed by atoms with Crippen LogP contribution in [0.4, 0.5) is 0 Å². The summed E-state index contributed by atoms with van der Waals surface area (Å²) in [5.74, 6) is 1.78. The number of aliphatic hydroxyl groups excluding tert-OH is 1. The molecule has 102 valence electrons. The van der Waals surface area contributed by atoms with Gasteiger partial charge in [-0.1, -0.05) is 36.2 Å². The Morgan fingerprint density at radius 2 is 1.78 bits per heavy atom. The molecule has 0 radical (unpaired) electrons. The van der Waals surface area contributed by atoms with Gasteiger partial charge in [0.25, 0.3) is 0 Å². The molecule has 1 rings (SSSR count). The van der Waals surface area contributed by atoms with E-state index in [2.05, 4.69) is 29.8 Å². The van der Waals surface area contributed by atoms with Crippen LogP contribution in [0.2, 0.25) is 0 Å². The van der Waals surface area contributed by atoms with E-state index in [1.807, 2.05) is 12.1 Å². The van der Waals surface area contributed by atoms with Crippen molar-refractivity contribution in [1.82, 2.24) is 0 Å². The van der Waals surface area contributed by atoms with Crippen molar-refractivity contribution in [2.75, 3.05) is 14.2 Å². The van der Waals surface area contributed by atoms with Crippen LogP contribution in [0.5, 0.6) is 11.5 Å². The van der Waals surface area contributed by atoms with Crippen LogP contribution in [-0.4, -0.2) is 19.3 Å². The molecule has 2 atom stereocenters. The summed E-state index contributed by atoms with van der Waals surface area (Å²) in [6.45, 7) is 4.26. The smallest absolute Gasteiger partial charge is 0.161 e. The summed E-state index contributed by atoms with van der Waals surface area (Å²) in [6, 6.07) is 3.66. The third-order valence-electron chi connectivity index (χ3n) is 3.18. The van der Waals surface area contributed by atoms with Crippen LogP contribution in [0.15, 0.2) is 16.6 Å². The zero-order valence-corrected chi connectivity index (χ0v) is 13.0. The highest BCUT2D eigenvalue weighted by atomic mass is 79.9. The van der Waals surface area contributed by atoms with Crippen molar-refractivity contribution in [2.45, 2.75) is 32.8 Å². The first kappa shape index (κ1) is 15.3. The van der Waals surface area contributed by atoms with Gasteiger partial charge in [0.15, 0.2) is 11.5 Å². The number of hydrogen-bond acceptors (Lipinski definition) is 3. The van der Waals surface area contributed by atoms with Crippen LogP contribution < -0.4 is 9.47 Å². The summed E-state index contributed by atoms with van der Waals surface area (Å²) < 4.78 is 11.3. The fourth-order valence-electron chi connectivity index (χ4n) is 1.80. The van der Waals surface area contributed by atoms with Gasteiger partial charge in [-0.05, 0) is 30.0 Å². The topological polar surface area (TPSA) is 38.7 Å². The average molecular weight is 317 g/mol. The van der Waals surface area contributed by atoms with Crippen molar-refractivity contribution in [3.63, 3.8) is 0 Å². The molecule has 3 nitrogen and oxygen atoms in total. The number of halogens is 1. The lowest BCUT2D eigenvalue weighted by molar-refractivity contribution is 0.145. The normalized spacial score (nSPS) is 14.1. The van der Waals surface area contributed by atoms with Crippen molar-refractivity contribution in [3.8, 4) is 11.5 Å². The Morgan fingerprint density at radius 3 is 2.28 bits per heavy atom. The first-order valence-corrected chi connectivity index (χ1v) is 6.92. The lowest BCUT2D eigenvalue weighted by Crippen LogP contribution is -2.05. The molecule has 0 amide bonds. The van der Waals surface area contributed by atoms with E-state index >= 15 is 0 Å². The molecule has 1 aromatic carbocycles. The van der Waals surface area contributed by atoms with E-state index in [1.165, 1.54) is 0 Å². The minimum atomic E-state index is -0.492. The Kier molecular flexibility index (Phi) is 5.96. The molecule has 2 unspecified atom stereocenters. The molecule has 0 heterocycles. The van der Waals surface area contributed by atoms with E-state index in [-0.39, 0.29) is 0 Å². The van der Waals surface area contributed by atoms with Gasteiger partial charge in [-0.2, -0.15) is 0 Å². The standard InChI is InChI=1S/C14H21BrO3/c1-5-9(2)6-12(16)10-7-13(17-3)14(18-4)8-11(10)15/h7-9,12,16H,5-6H2,1-4H3. The number of aliphatic hydroxyl groups is 1. The number of methoxy groups -OCH3 is 2. The molecule has 0 aliphatic heterocycles. The molecule has 18 heavy (non-hydrogen) atoms. The highest BCUT2D eigenvalue weighted by Crippen LogP contribution is 2.37. The molecule has 4 heteroatoms. The van der Waals surface area contributed by atoms with Crippen molar-refractivity contribution < 1.29 is 14.6 Å². The van der Waals surface area contributed by atoms with Crippen molar-refractivity contribution >= 4 is 15.9 Å². The molecule has 0 aliphatic carbocycles. The van der Waals surface area contributed by atoms with Gasteiger partial charge >= 0.3 is 0 Å². The summed E-state index contributed by atoms with van der Waals surface area (Å²) in [4.78, 5) is 0. The first-order chi connectivity index (χ1) is 8.53. The highest BCUT2D eigenvalue weighted by Gasteiger charge is 2.17. The third-order valence-corrected chi connectivity index (χ3v) is 3.87.